The van der Waals surface area contributed by atoms with Crippen LogP contribution in [0, 0.1) is 5.82 Å². The van der Waals surface area contributed by atoms with Crippen LogP contribution in [0.4, 0.5) is 15.8 Å². The van der Waals surface area contributed by atoms with Gasteiger partial charge in [-0.15, -0.1) is 0 Å². The first-order chi connectivity index (χ1) is 9.89. The Morgan fingerprint density at radius 3 is 2.67 bits per heavy atom. The van der Waals surface area contributed by atoms with Gasteiger partial charge in [-0.25, -0.2) is 12.8 Å². The van der Waals surface area contributed by atoms with E-state index >= 15 is 0 Å². The van der Waals surface area contributed by atoms with Gasteiger partial charge in [-0.2, -0.15) is 0 Å². The van der Waals surface area contributed by atoms with Crippen LogP contribution in [0.3, 0.4) is 0 Å². The van der Waals surface area contributed by atoms with Crippen LogP contribution in [0.15, 0.2) is 42.5 Å². The number of rotatable bonds is 5. The molecule has 0 fully saturated rings. The second kappa shape index (κ2) is 6.01. The van der Waals surface area contributed by atoms with E-state index in [2.05, 4.69) is 4.72 Å². The molecule has 0 aromatic heterocycles. The summed E-state index contributed by atoms with van der Waals surface area (Å²) in [5.41, 5.74) is 6.90. The molecule has 0 radical (unpaired) electrons. The zero-order valence-corrected chi connectivity index (χ0v) is 12.2. The van der Waals surface area contributed by atoms with Crippen molar-refractivity contribution in [1.29, 1.82) is 0 Å². The van der Waals surface area contributed by atoms with E-state index in [-0.39, 0.29) is 17.2 Å². The Kier molecular flexibility index (Phi) is 4.32. The SMILES string of the molecule is COc1cc(NS(=O)(=O)Cc2cccc(N)c2)ccc1F. The van der Waals surface area contributed by atoms with Crippen molar-refractivity contribution in [3.8, 4) is 5.75 Å². The molecule has 0 aliphatic heterocycles. The third-order valence-corrected chi connectivity index (χ3v) is 3.99. The summed E-state index contributed by atoms with van der Waals surface area (Å²) < 4.78 is 44.6. The number of hydrogen-bond acceptors (Lipinski definition) is 4. The largest absolute Gasteiger partial charge is 0.494 e. The summed E-state index contributed by atoms with van der Waals surface area (Å²) in [7, 11) is -2.32. The summed E-state index contributed by atoms with van der Waals surface area (Å²) in [4.78, 5) is 0. The van der Waals surface area contributed by atoms with Gasteiger partial charge >= 0.3 is 0 Å². The number of ether oxygens (including phenoxy) is 1. The summed E-state index contributed by atoms with van der Waals surface area (Å²) in [5, 5.41) is 0. The molecule has 7 heteroatoms. The van der Waals surface area contributed by atoms with Gasteiger partial charge in [0.1, 0.15) is 0 Å². The molecule has 0 spiro atoms. The van der Waals surface area contributed by atoms with Crippen LogP contribution in [0.2, 0.25) is 0 Å². The molecule has 0 heterocycles. The van der Waals surface area contributed by atoms with Gasteiger partial charge in [-0.3, -0.25) is 4.72 Å². The van der Waals surface area contributed by atoms with Crippen LogP contribution >= 0.6 is 0 Å². The first kappa shape index (κ1) is 15.1. The van der Waals surface area contributed by atoms with Crippen molar-refractivity contribution in [1.82, 2.24) is 0 Å². The Bertz CT molecular complexity index is 748. The molecule has 0 saturated heterocycles. The number of nitrogens with two attached hydrogens (primary N) is 1. The van der Waals surface area contributed by atoms with Crippen LogP contribution in [0.5, 0.6) is 5.75 Å². The van der Waals surface area contributed by atoms with E-state index < -0.39 is 15.8 Å². The lowest BCUT2D eigenvalue weighted by Gasteiger charge is -2.10. The van der Waals surface area contributed by atoms with Crippen LogP contribution in [-0.2, 0) is 15.8 Å². The molecule has 21 heavy (non-hydrogen) atoms. The highest BCUT2D eigenvalue weighted by atomic mass is 32.2. The van der Waals surface area contributed by atoms with Crippen molar-refractivity contribution in [2.24, 2.45) is 0 Å². The average Bonchev–Trinajstić information content (AvgIpc) is 2.40. The van der Waals surface area contributed by atoms with Gasteiger partial charge in [0.25, 0.3) is 0 Å². The van der Waals surface area contributed by atoms with Gasteiger partial charge in [-0.05, 0) is 29.8 Å². The zero-order valence-electron chi connectivity index (χ0n) is 11.3. The quantitative estimate of drug-likeness (QED) is 0.831. The summed E-state index contributed by atoms with van der Waals surface area (Å²) in [6.07, 6.45) is 0. The minimum Gasteiger partial charge on any atom is -0.494 e. The van der Waals surface area contributed by atoms with Gasteiger partial charge in [0.05, 0.1) is 18.6 Å². The molecule has 0 aliphatic rings. The van der Waals surface area contributed by atoms with Crippen LogP contribution in [0.1, 0.15) is 5.56 Å². The molecule has 2 rings (SSSR count). The summed E-state index contributed by atoms with van der Waals surface area (Å²) in [6.45, 7) is 0. The predicted molar refractivity (Wildman–Crippen MR) is 80.1 cm³/mol. The maximum atomic E-state index is 13.3. The molecular formula is C14H15FN2O3S. The Morgan fingerprint density at radius 1 is 1.24 bits per heavy atom. The van der Waals surface area contributed by atoms with E-state index in [1.807, 2.05) is 0 Å². The average molecular weight is 310 g/mol. The topological polar surface area (TPSA) is 81.4 Å². The van der Waals surface area contributed by atoms with Crippen molar-refractivity contribution in [2.45, 2.75) is 5.75 Å². The monoisotopic (exact) mass is 310 g/mol. The lowest BCUT2D eigenvalue weighted by Crippen LogP contribution is -2.15. The maximum Gasteiger partial charge on any atom is 0.236 e. The second-order valence-corrected chi connectivity index (χ2v) is 6.18. The number of nitrogen functional groups attached to an aromatic ring is 1. The molecule has 112 valence electrons. The number of methoxy groups -OCH3 is 1. The number of benzene rings is 2. The van der Waals surface area contributed by atoms with Crippen LogP contribution in [0.25, 0.3) is 0 Å². The highest BCUT2D eigenvalue weighted by Crippen LogP contribution is 2.23. The molecule has 0 saturated carbocycles. The number of nitrogens with one attached hydrogen (secondary N) is 1. The summed E-state index contributed by atoms with van der Waals surface area (Å²) in [5.74, 6) is -0.812. The van der Waals surface area contributed by atoms with Crippen molar-refractivity contribution in [2.75, 3.05) is 17.6 Å². The number of hydrogen-bond donors (Lipinski definition) is 2. The lowest BCUT2D eigenvalue weighted by molar-refractivity contribution is 0.387. The molecular weight excluding hydrogens is 295 g/mol. The van der Waals surface area contributed by atoms with E-state index in [0.29, 0.717) is 11.3 Å². The highest BCUT2D eigenvalue weighted by molar-refractivity contribution is 7.91. The molecule has 0 unspecified atom stereocenters. The van der Waals surface area contributed by atoms with Gasteiger partial charge < -0.3 is 10.5 Å². The Labute approximate surface area is 122 Å². The van der Waals surface area contributed by atoms with Crippen LogP contribution < -0.4 is 15.2 Å². The van der Waals surface area contributed by atoms with Gasteiger partial charge in [0.15, 0.2) is 11.6 Å². The van der Waals surface area contributed by atoms with E-state index in [9.17, 15) is 12.8 Å². The molecule has 2 aromatic carbocycles. The molecule has 5 nitrogen and oxygen atoms in total. The van der Waals surface area contributed by atoms with Crippen molar-refractivity contribution >= 4 is 21.4 Å². The fourth-order valence-electron chi connectivity index (χ4n) is 1.84. The molecule has 0 bridgehead atoms. The fourth-order valence-corrected chi connectivity index (χ4v) is 3.02. The van der Waals surface area contributed by atoms with E-state index in [1.54, 1.807) is 24.3 Å². The third kappa shape index (κ3) is 4.09. The van der Waals surface area contributed by atoms with Gasteiger partial charge in [-0.1, -0.05) is 12.1 Å². The Hall–Kier alpha value is -2.28. The van der Waals surface area contributed by atoms with E-state index in [1.165, 1.54) is 19.2 Å². The normalized spacial score (nSPS) is 11.1. The van der Waals surface area contributed by atoms with Crippen molar-refractivity contribution in [3.63, 3.8) is 0 Å². The molecule has 0 aliphatic carbocycles. The minimum atomic E-state index is -3.63. The van der Waals surface area contributed by atoms with Gasteiger partial charge in [0, 0.05) is 11.8 Å². The van der Waals surface area contributed by atoms with Crippen molar-refractivity contribution < 1.29 is 17.5 Å². The third-order valence-electron chi connectivity index (χ3n) is 2.73. The molecule has 3 N–H and O–H groups in total. The molecule has 0 atom stereocenters. The number of anilines is 2. The molecule has 0 amide bonds. The second-order valence-electron chi connectivity index (χ2n) is 4.46. The number of sulfonamides is 1. The summed E-state index contributed by atoms with van der Waals surface area (Å²) in [6, 6.07) is 10.4. The highest BCUT2D eigenvalue weighted by Gasteiger charge is 2.13. The Balaban J connectivity index is 2.17. The zero-order chi connectivity index (χ0) is 15.5. The number of halogens is 1. The van der Waals surface area contributed by atoms with Crippen LogP contribution in [-0.4, -0.2) is 15.5 Å². The first-order valence-corrected chi connectivity index (χ1v) is 7.73. The van der Waals surface area contributed by atoms with E-state index in [4.69, 9.17) is 10.5 Å². The fraction of sp³-hybridized carbons (Fsp3) is 0.143. The first-order valence-electron chi connectivity index (χ1n) is 6.08. The van der Waals surface area contributed by atoms with E-state index in [0.717, 1.165) is 6.07 Å². The summed E-state index contributed by atoms with van der Waals surface area (Å²) >= 11 is 0. The lowest BCUT2D eigenvalue weighted by atomic mass is 10.2. The Morgan fingerprint density at radius 2 is 2.00 bits per heavy atom. The molecule has 2 aromatic rings. The predicted octanol–water partition coefficient (Wildman–Crippen LogP) is 2.36. The smallest absolute Gasteiger partial charge is 0.236 e. The standard InChI is InChI=1S/C14H15FN2O3S/c1-20-14-8-12(5-6-13(14)15)17-21(18,19)9-10-3-2-4-11(16)7-10/h2-8,17H,9,16H2,1H3. The maximum absolute atomic E-state index is 13.3. The minimum absolute atomic E-state index is 0.0286. The van der Waals surface area contributed by atoms with Crippen molar-refractivity contribution in [3.05, 3.63) is 53.8 Å². The van der Waals surface area contributed by atoms with Gasteiger partial charge in [0.2, 0.25) is 10.0 Å².